The molecule has 0 atom stereocenters. The molecule has 0 radical (unpaired) electrons. The number of aryl methyl sites for hydroxylation is 1. The highest BCUT2D eigenvalue weighted by Crippen LogP contribution is 2.27. The van der Waals surface area contributed by atoms with Gasteiger partial charge in [0.25, 0.3) is 0 Å². The Bertz CT molecular complexity index is 1240. The Kier molecular flexibility index (Phi) is 4.57. The van der Waals surface area contributed by atoms with Crippen LogP contribution in [0.4, 0.5) is 5.69 Å². The van der Waals surface area contributed by atoms with Crippen LogP contribution in [0.25, 0.3) is 21.7 Å². The second-order valence-corrected chi connectivity index (χ2v) is 7.95. The van der Waals surface area contributed by atoms with Gasteiger partial charge in [0.15, 0.2) is 0 Å². The van der Waals surface area contributed by atoms with E-state index in [0.717, 1.165) is 49.1 Å². The number of fused-ring (bicyclic) bond motifs is 3. The van der Waals surface area contributed by atoms with E-state index in [1.807, 2.05) is 24.3 Å². The minimum Gasteiger partial charge on any atom is -0.423 e. The summed E-state index contributed by atoms with van der Waals surface area (Å²) >= 11 is 0. The number of benzene rings is 3. The van der Waals surface area contributed by atoms with Crippen molar-refractivity contribution in [2.75, 3.05) is 31.1 Å². The fraction of sp³-hybridized carbons (Fsp3) is 0.240. The fourth-order valence-corrected chi connectivity index (χ4v) is 4.59. The minimum atomic E-state index is -0.263. The molecule has 0 amide bonds. The Morgan fingerprint density at radius 3 is 2.55 bits per heavy atom. The largest absolute Gasteiger partial charge is 0.423 e. The van der Waals surface area contributed by atoms with E-state index in [1.54, 1.807) is 6.07 Å². The van der Waals surface area contributed by atoms with Crippen LogP contribution in [-0.2, 0) is 6.54 Å². The summed E-state index contributed by atoms with van der Waals surface area (Å²) in [5, 5.41) is 3.41. The Morgan fingerprint density at radius 2 is 1.72 bits per heavy atom. The van der Waals surface area contributed by atoms with Crippen LogP contribution in [0.1, 0.15) is 11.1 Å². The molecule has 0 unspecified atom stereocenters. The first-order chi connectivity index (χ1) is 14.2. The van der Waals surface area contributed by atoms with Crippen molar-refractivity contribution in [1.82, 2.24) is 0 Å². The normalized spacial score (nSPS) is 15.3. The van der Waals surface area contributed by atoms with Crippen LogP contribution in [0.5, 0.6) is 0 Å². The second-order valence-electron chi connectivity index (χ2n) is 7.95. The van der Waals surface area contributed by atoms with Gasteiger partial charge in [-0.05, 0) is 35.4 Å². The zero-order valence-corrected chi connectivity index (χ0v) is 16.7. The van der Waals surface area contributed by atoms with E-state index in [-0.39, 0.29) is 5.63 Å². The average molecular weight is 385 g/mol. The SMILES string of the molecule is Cc1ccccc1N1CC[NH+](Cc2cc(=O)oc3ccc4ccccc4c23)CC1. The van der Waals surface area contributed by atoms with Crippen molar-refractivity contribution < 1.29 is 9.32 Å². The van der Waals surface area contributed by atoms with Crippen molar-refractivity contribution in [3.05, 3.63) is 88.3 Å². The van der Waals surface area contributed by atoms with Gasteiger partial charge >= 0.3 is 5.63 Å². The van der Waals surface area contributed by atoms with Crippen LogP contribution in [0.3, 0.4) is 0 Å². The van der Waals surface area contributed by atoms with Gasteiger partial charge in [0.05, 0.1) is 26.2 Å². The number of piperazine rings is 1. The molecule has 1 N–H and O–H groups in total. The lowest BCUT2D eigenvalue weighted by molar-refractivity contribution is -0.914. The quantitative estimate of drug-likeness (QED) is 0.435. The van der Waals surface area contributed by atoms with Crippen LogP contribution >= 0.6 is 0 Å². The summed E-state index contributed by atoms with van der Waals surface area (Å²) < 4.78 is 5.51. The zero-order valence-electron chi connectivity index (χ0n) is 16.7. The maximum Gasteiger partial charge on any atom is 0.336 e. The summed E-state index contributed by atoms with van der Waals surface area (Å²) in [4.78, 5) is 16.2. The van der Waals surface area contributed by atoms with Gasteiger partial charge < -0.3 is 14.2 Å². The first-order valence-corrected chi connectivity index (χ1v) is 10.3. The van der Waals surface area contributed by atoms with Crippen LogP contribution in [-0.4, -0.2) is 26.2 Å². The molecule has 4 nitrogen and oxygen atoms in total. The van der Waals surface area contributed by atoms with Gasteiger partial charge in [-0.15, -0.1) is 0 Å². The van der Waals surface area contributed by atoms with Crippen molar-refractivity contribution in [3.8, 4) is 0 Å². The Balaban J connectivity index is 1.43. The summed E-state index contributed by atoms with van der Waals surface area (Å²) in [7, 11) is 0. The highest BCUT2D eigenvalue weighted by atomic mass is 16.4. The fourth-order valence-electron chi connectivity index (χ4n) is 4.59. The smallest absolute Gasteiger partial charge is 0.336 e. The number of nitrogens with zero attached hydrogens (tertiary/aromatic N) is 1. The molecule has 4 aromatic rings. The second kappa shape index (κ2) is 7.37. The highest BCUT2D eigenvalue weighted by Gasteiger charge is 2.22. The van der Waals surface area contributed by atoms with Crippen molar-refractivity contribution in [2.45, 2.75) is 13.5 Å². The van der Waals surface area contributed by atoms with Crippen molar-refractivity contribution in [1.29, 1.82) is 0 Å². The monoisotopic (exact) mass is 385 g/mol. The topological polar surface area (TPSA) is 37.9 Å². The molecule has 0 spiro atoms. The Labute approximate surface area is 170 Å². The van der Waals surface area contributed by atoms with Crippen LogP contribution in [0.15, 0.2) is 75.9 Å². The molecule has 1 aliphatic rings. The van der Waals surface area contributed by atoms with E-state index in [0.29, 0.717) is 5.58 Å². The van der Waals surface area contributed by atoms with Crippen molar-refractivity contribution in [2.24, 2.45) is 0 Å². The van der Waals surface area contributed by atoms with Gasteiger partial charge in [0, 0.05) is 22.7 Å². The maximum absolute atomic E-state index is 12.2. The van der Waals surface area contributed by atoms with E-state index in [4.69, 9.17) is 4.42 Å². The number of para-hydroxylation sites is 1. The van der Waals surface area contributed by atoms with Gasteiger partial charge in [-0.1, -0.05) is 48.5 Å². The Hall–Kier alpha value is -3.11. The molecule has 3 aromatic carbocycles. The lowest BCUT2D eigenvalue weighted by Gasteiger charge is -2.34. The number of nitrogens with one attached hydrogen (secondary N) is 1. The Morgan fingerprint density at radius 1 is 0.966 bits per heavy atom. The summed E-state index contributed by atoms with van der Waals surface area (Å²) in [5.74, 6) is 0. The molecule has 0 saturated carbocycles. The van der Waals surface area contributed by atoms with Crippen LogP contribution in [0.2, 0.25) is 0 Å². The highest BCUT2D eigenvalue weighted by molar-refractivity contribution is 6.06. The molecule has 29 heavy (non-hydrogen) atoms. The average Bonchev–Trinajstić information content (AvgIpc) is 2.74. The molecular weight excluding hydrogens is 360 g/mol. The van der Waals surface area contributed by atoms with E-state index in [2.05, 4.69) is 48.2 Å². The minimum absolute atomic E-state index is 0.263. The van der Waals surface area contributed by atoms with Crippen molar-refractivity contribution in [3.63, 3.8) is 0 Å². The lowest BCUT2D eigenvalue weighted by atomic mass is 10.0. The third-order valence-corrected chi connectivity index (χ3v) is 6.08. The van der Waals surface area contributed by atoms with Crippen LogP contribution < -0.4 is 15.4 Å². The molecule has 1 aromatic heterocycles. The molecular formula is C25H25N2O2+. The number of anilines is 1. The van der Waals surface area contributed by atoms with Gasteiger partial charge in [-0.25, -0.2) is 4.79 Å². The molecule has 0 bridgehead atoms. The summed E-state index contributed by atoms with van der Waals surface area (Å²) in [6.07, 6.45) is 0. The summed E-state index contributed by atoms with van der Waals surface area (Å²) in [6.45, 7) is 7.19. The first-order valence-electron chi connectivity index (χ1n) is 10.3. The first kappa shape index (κ1) is 18.0. The molecule has 2 heterocycles. The molecule has 4 heteroatoms. The molecule has 0 aliphatic carbocycles. The number of hydrogen-bond donors (Lipinski definition) is 1. The van der Waals surface area contributed by atoms with Crippen LogP contribution in [0, 0.1) is 6.92 Å². The van der Waals surface area contributed by atoms with E-state index in [1.165, 1.54) is 21.5 Å². The third kappa shape index (κ3) is 3.40. The molecule has 146 valence electrons. The molecule has 1 aliphatic heterocycles. The lowest BCUT2D eigenvalue weighted by Crippen LogP contribution is -3.13. The van der Waals surface area contributed by atoms with E-state index < -0.39 is 0 Å². The van der Waals surface area contributed by atoms with Gasteiger partial charge in [-0.3, -0.25) is 0 Å². The van der Waals surface area contributed by atoms with Gasteiger partial charge in [-0.2, -0.15) is 0 Å². The van der Waals surface area contributed by atoms with E-state index >= 15 is 0 Å². The number of quaternary nitrogens is 1. The third-order valence-electron chi connectivity index (χ3n) is 6.08. The predicted octanol–water partition coefficient (Wildman–Crippen LogP) is 3.16. The number of rotatable bonds is 3. The van der Waals surface area contributed by atoms with Gasteiger partial charge in [0.2, 0.25) is 0 Å². The summed E-state index contributed by atoms with van der Waals surface area (Å²) in [5.41, 5.74) is 4.18. The van der Waals surface area contributed by atoms with Gasteiger partial charge in [0.1, 0.15) is 12.1 Å². The van der Waals surface area contributed by atoms with E-state index in [9.17, 15) is 4.79 Å². The molecule has 1 saturated heterocycles. The summed E-state index contributed by atoms with van der Waals surface area (Å²) in [6, 6.07) is 22.6. The van der Waals surface area contributed by atoms with Crippen molar-refractivity contribution >= 4 is 27.4 Å². The standard InChI is InChI=1S/C25H24N2O2/c1-18-6-2-5-9-22(18)27-14-12-26(13-15-27)17-20-16-24(28)29-23-11-10-19-7-3-4-8-21(19)25(20)23/h2-11,16H,12-15,17H2,1H3/p+1. The molecule has 1 fully saturated rings. The molecule has 5 rings (SSSR count). The number of hydrogen-bond acceptors (Lipinski definition) is 3. The zero-order chi connectivity index (χ0) is 19.8. The maximum atomic E-state index is 12.2. The predicted molar refractivity (Wildman–Crippen MR) is 118 cm³/mol.